The van der Waals surface area contributed by atoms with Gasteiger partial charge >= 0.3 is 6.18 Å². The first kappa shape index (κ1) is 15.6. The Bertz CT molecular complexity index is 690. The molecular formula is C16H14F3NO3. The molecule has 122 valence electrons. The van der Waals surface area contributed by atoms with Crippen LogP contribution < -0.4 is 0 Å². The van der Waals surface area contributed by atoms with E-state index < -0.39 is 23.4 Å². The molecule has 1 saturated heterocycles. The zero-order valence-electron chi connectivity index (χ0n) is 12.3. The van der Waals surface area contributed by atoms with Gasteiger partial charge in [-0.1, -0.05) is 18.2 Å². The first-order valence-electron chi connectivity index (χ1n) is 7.10. The largest absolute Gasteiger partial charge is 0.500 e. The van der Waals surface area contributed by atoms with Crippen LogP contribution in [0.25, 0.3) is 0 Å². The van der Waals surface area contributed by atoms with Crippen LogP contribution in [-0.4, -0.2) is 24.8 Å². The Morgan fingerprint density at radius 3 is 2.70 bits per heavy atom. The van der Waals surface area contributed by atoms with Crippen molar-refractivity contribution >= 4 is 11.7 Å². The second-order valence-electron chi connectivity index (χ2n) is 5.44. The van der Waals surface area contributed by atoms with Crippen molar-refractivity contribution in [2.45, 2.75) is 31.0 Å². The molecule has 0 amide bonds. The summed E-state index contributed by atoms with van der Waals surface area (Å²) in [6.07, 6.45) is -1.56. The van der Waals surface area contributed by atoms with Gasteiger partial charge < -0.3 is 9.47 Å². The number of ether oxygens (including phenoxy) is 2. The quantitative estimate of drug-likeness (QED) is 0.632. The average molecular weight is 325 g/mol. The summed E-state index contributed by atoms with van der Waals surface area (Å²) >= 11 is 0. The number of carbonyl (C=O) groups is 1. The van der Waals surface area contributed by atoms with Gasteiger partial charge in [-0.05, 0) is 24.5 Å². The summed E-state index contributed by atoms with van der Waals surface area (Å²) in [5.74, 6) is -1.32. The summed E-state index contributed by atoms with van der Waals surface area (Å²) in [6, 6.07) is 4.75. The Morgan fingerprint density at radius 2 is 2.09 bits per heavy atom. The maximum atomic E-state index is 12.9. The lowest BCUT2D eigenvalue weighted by Gasteiger charge is -2.11. The number of aliphatic imine (C=N–C) groups is 1. The van der Waals surface area contributed by atoms with Crippen LogP contribution in [-0.2, 0) is 20.4 Å². The fourth-order valence-corrected chi connectivity index (χ4v) is 2.34. The second-order valence-corrected chi connectivity index (χ2v) is 5.44. The first-order chi connectivity index (χ1) is 10.9. The van der Waals surface area contributed by atoms with Gasteiger partial charge in [-0.25, -0.2) is 0 Å². The smallest absolute Gasteiger partial charge is 0.416 e. The van der Waals surface area contributed by atoms with Crippen LogP contribution >= 0.6 is 0 Å². The van der Waals surface area contributed by atoms with Crippen molar-refractivity contribution < 1.29 is 27.4 Å². The van der Waals surface area contributed by atoms with Crippen molar-refractivity contribution in [3.05, 3.63) is 47.4 Å². The number of Topliss-reactive ketones (excluding diaryl/α,β-unsaturated/α-hetero) is 1. The van der Waals surface area contributed by atoms with Gasteiger partial charge in [0.2, 0.25) is 17.4 Å². The van der Waals surface area contributed by atoms with E-state index >= 15 is 0 Å². The fraction of sp³-hybridized carbons (Fsp3) is 0.375. The molecule has 1 saturated carbocycles. The molecule has 1 aromatic carbocycles. The van der Waals surface area contributed by atoms with E-state index in [2.05, 4.69) is 4.99 Å². The van der Waals surface area contributed by atoms with E-state index in [0.29, 0.717) is 0 Å². The molecule has 0 spiro atoms. The Kier molecular flexibility index (Phi) is 3.87. The van der Waals surface area contributed by atoms with Crippen molar-refractivity contribution in [3.63, 3.8) is 0 Å². The zero-order chi connectivity index (χ0) is 16.6. The highest BCUT2D eigenvalue weighted by molar-refractivity contribution is 6.19. The molecule has 2 aliphatic rings. The number of allylic oxidation sites excluding steroid dienone is 1. The zero-order valence-corrected chi connectivity index (χ0v) is 12.3. The standard InChI is InChI=1S/C16H14F3NO3/c1-22-8-12-14(21)13(15(23-12)20-11-5-6-11)9-3-2-4-10(7-9)16(17,18)19/h2-4,7-8,11,13H,5-6H2,1H3. The van der Waals surface area contributed by atoms with E-state index in [0.717, 1.165) is 31.2 Å². The van der Waals surface area contributed by atoms with Crippen molar-refractivity contribution in [3.8, 4) is 0 Å². The van der Waals surface area contributed by atoms with Crippen LogP contribution in [0.1, 0.15) is 29.9 Å². The van der Waals surface area contributed by atoms with Crippen LogP contribution in [0.2, 0.25) is 0 Å². The number of methoxy groups -OCH3 is 1. The Morgan fingerprint density at radius 1 is 1.35 bits per heavy atom. The molecular weight excluding hydrogens is 311 g/mol. The number of alkyl halides is 3. The topological polar surface area (TPSA) is 47.9 Å². The van der Waals surface area contributed by atoms with Gasteiger partial charge in [-0.3, -0.25) is 9.79 Å². The molecule has 1 heterocycles. The lowest BCUT2D eigenvalue weighted by molar-refractivity contribution is -0.137. The van der Waals surface area contributed by atoms with Gasteiger partial charge in [0.05, 0.1) is 18.7 Å². The van der Waals surface area contributed by atoms with E-state index in [-0.39, 0.29) is 23.3 Å². The van der Waals surface area contributed by atoms with Crippen molar-refractivity contribution in [1.29, 1.82) is 0 Å². The molecule has 0 bridgehead atoms. The Balaban J connectivity index is 2.01. The molecule has 1 aliphatic carbocycles. The minimum Gasteiger partial charge on any atom is -0.500 e. The third-order valence-electron chi connectivity index (χ3n) is 3.60. The van der Waals surface area contributed by atoms with Gasteiger partial charge in [-0.2, -0.15) is 13.2 Å². The van der Waals surface area contributed by atoms with Crippen molar-refractivity contribution in [1.82, 2.24) is 0 Å². The number of nitrogens with zero attached hydrogens (tertiary/aromatic N) is 1. The first-order valence-corrected chi connectivity index (χ1v) is 7.10. The molecule has 1 aliphatic heterocycles. The monoisotopic (exact) mass is 325 g/mol. The molecule has 0 N–H and O–H groups in total. The Hall–Kier alpha value is -2.31. The van der Waals surface area contributed by atoms with Gasteiger partial charge in [0.25, 0.3) is 0 Å². The van der Waals surface area contributed by atoms with Crippen LogP contribution in [0.5, 0.6) is 0 Å². The highest BCUT2D eigenvalue weighted by Gasteiger charge is 2.42. The highest BCUT2D eigenvalue weighted by atomic mass is 19.4. The molecule has 4 nitrogen and oxygen atoms in total. The number of carbonyl (C=O) groups excluding carboxylic acids is 1. The molecule has 0 radical (unpaired) electrons. The van der Waals surface area contributed by atoms with Crippen LogP contribution in [0.4, 0.5) is 13.2 Å². The number of benzene rings is 1. The average Bonchev–Trinajstić information content (AvgIpc) is 3.24. The number of hydrogen-bond donors (Lipinski definition) is 0. The normalized spacial score (nSPS) is 25.0. The van der Waals surface area contributed by atoms with Crippen LogP contribution in [0.3, 0.4) is 0 Å². The number of halogens is 3. The molecule has 3 rings (SSSR count). The maximum absolute atomic E-state index is 12.9. The lowest BCUT2D eigenvalue weighted by Crippen LogP contribution is -2.15. The minimum absolute atomic E-state index is 0.0469. The number of hydrogen-bond acceptors (Lipinski definition) is 4. The molecule has 1 atom stereocenters. The second kappa shape index (κ2) is 5.72. The van der Waals surface area contributed by atoms with Crippen molar-refractivity contribution in [2.75, 3.05) is 7.11 Å². The van der Waals surface area contributed by atoms with Gasteiger partial charge in [0, 0.05) is 0 Å². The predicted molar refractivity (Wildman–Crippen MR) is 75.8 cm³/mol. The van der Waals surface area contributed by atoms with Gasteiger partial charge in [-0.15, -0.1) is 0 Å². The van der Waals surface area contributed by atoms with E-state index in [1.807, 2.05) is 0 Å². The molecule has 7 heteroatoms. The SMILES string of the molecule is COC=C1OC(=NC2CC2)C(c2cccc(C(F)(F)F)c2)C1=O. The Labute approximate surface area is 130 Å². The van der Waals surface area contributed by atoms with Crippen LogP contribution in [0, 0.1) is 0 Å². The summed E-state index contributed by atoms with van der Waals surface area (Å²) in [6.45, 7) is 0. The summed E-state index contributed by atoms with van der Waals surface area (Å²) in [7, 11) is 1.36. The molecule has 1 unspecified atom stereocenters. The van der Waals surface area contributed by atoms with Crippen molar-refractivity contribution in [2.24, 2.45) is 4.99 Å². The summed E-state index contributed by atoms with van der Waals surface area (Å²) in [5.41, 5.74) is -0.596. The molecule has 23 heavy (non-hydrogen) atoms. The van der Waals surface area contributed by atoms with Gasteiger partial charge in [0.15, 0.2) is 0 Å². The number of rotatable bonds is 3. The third-order valence-corrected chi connectivity index (χ3v) is 3.60. The lowest BCUT2D eigenvalue weighted by atomic mass is 9.94. The summed E-state index contributed by atoms with van der Waals surface area (Å²) in [4.78, 5) is 16.7. The summed E-state index contributed by atoms with van der Waals surface area (Å²) in [5, 5.41) is 0. The maximum Gasteiger partial charge on any atom is 0.416 e. The third kappa shape index (κ3) is 3.23. The number of ketones is 1. The van der Waals surface area contributed by atoms with Gasteiger partial charge in [0.1, 0.15) is 12.2 Å². The highest BCUT2D eigenvalue weighted by Crippen LogP contribution is 2.36. The fourth-order valence-electron chi connectivity index (χ4n) is 2.34. The van der Waals surface area contributed by atoms with E-state index in [9.17, 15) is 18.0 Å². The molecule has 2 fully saturated rings. The minimum atomic E-state index is -4.47. The van der Waals surface area contributed by atoms with Crippen LogP contribution in [0.15, 0.2) is 41.3 Å². The predicted octanol–water partition coefficient (Wildman–Crippen LogP) is 3.44. The molecule has 1 aromatic rings. The van der Waals surface area contributed by atoms with E-state index in [4.69, 9.17) is 9.47 Å². The summed E-state index contributed by atoms with van der Waals surface area (Å²) < 4.78 is 48.9. The molecule has 0 aromatic heterocycles. The van der Waals surface area contributed by atoms with E-state index in [1.165, 1.54) is 19.2 Å². The van der Waals surface area contributed by atoms with E-state index in [1.54, 1.807) is 0 Å².